The number of aliphatic hydroxyl groups is 1. The highest BCUT2D eigenvalue weighted by Crippen LogP contribution is 2.18. The van der Waals surface area contributed by atoms with Crippen LogP contribution in [0.3, 0.4) is 0 Å². The van der Waals surface area contributed by atoms with Crippen molar-refractivity contribution in [3.63, 3.8) is 0 Å². The quantitative estimate of drug-likeness (QED) is 0.802. The molecule has 0 aliphatic rings. The second-order valence-corrected chi connectivity index (χ2v) is 3.67. The van der Waals surface area contributed by atoms with Gasteiger partial charge in [-0.1, -0.05) is 23.7 Å². The molecule has 0 saturated carbocycles. The first kappa shape index (κ1) is 12.0. The molecule has 0 unspecified atom stereocenters. The van der Waals surface area contributed by atoms with Crippen molar-refractivity contribution >= 4 is 17.6 Å². The molecule has 0 heterocycles. The lowest BCUT2D eigenvalue weighted by Crippen LogP contribution is -2.14. The number of ether oxygens (including phenoxy) is 1. The highest BCUT2D eigenvalue weighted by molar-refractivity contribution is 6.30. The molecule has 1 N–H and O–H groups in total. The summed E-state index contributed by atoms with van der Waals surface area (Å²) in [5.41, 5.74) is 0.906. The van der Waals surface area contributed by atoms with Crippen LogP contribution in [0.4, 0.5) is 0 Å². The van der Waals surface area contributed by atoms with E-state index in [1.165, 1.54) is 6.92 Å². The fourth-order valence-electron chi connectivity index (χ4n) is 1.21. The fourth-order valence-corrected chi connectivity index (χ4v) is 1.33. The lowest BCUT2D eigenvalue weighted by Gasteiger charge is -2.14. The Morgan fingerprint density at radius 1 is 1.47 bits per heavy atom. The number of esters is 1. The van der Waals surface area contributed by atoms with Gasteiger partial charge in [-0.05, 0) is 17.7 Å². The Kier molecular flexibility index (Phi) is 4.59. The molecule has 0 fully saturated rings. The number of carbonyl (C=O) groups is 1. The van der Waals surface area contributed by atoms with Gasteiger partial charge >= 0.3 is 5.97 Å². The van der Waals surface area contributed by atoms with Crippen LogP contribution < -0.4 is 0 Å². The van der Waals surface area contributed by atoms with Crippen molar-refractivity contribution in [1.29, 1.82) is 0 Å². The molecule has 0 aliphatic heterocycles. The molecule has 1 rings (SSSR count). The summed E-state index contributed by atoms with van der Waals surface area (Å²) >= 11 is 5.74. The molecule has 4 heteroatoms. The summed E-state index contributed by atoms with van der Waals surface area (Å²) < 4.78 is 4.85. The Labute approximate surface area is 93.6 Å². The zero-order valence-corrected chi connectivity index (χ0v) is 9.20. The average molecular weight is 229 g/mol. The normalized spacial score (nSPS) is 12.2. The molecule has 0 bridgehead atoms. The Bertz CT molecular complexity index is 321. The van der Waals surface area contributed by atoms with Crippen molar-refractivity contribution < 1.29 is 14.6 Å². The Morgan fingerprint density at radius 2 is 2.07 bits per heavy atom. The van der Waals surface area contributed by atoms with Gasteiger partial charge < -0.3 is 9.84 Å². The van der Waals surface area contributed by atoms with Crippen molar-refractivity contribution in [3.05, 3.63) is 34.9 Å². The number of hydrogen-bond acceptors (Lipinski definition) is 3. The van der Waals surface area contributed by atoms with E-state index in [0.717, 1.165) is 5.56 Å². The fraction of sp³-hybridized carbons (Fsp3) is 0.364. The molecule has 1 aromatic carbocycles. The second-order valence-electron chi connectivity index (χ2n) is 3.23. The smallest absolute Gasteiger partial charge is 0.302 e. The van der Waals surface area contributed by atoms with Crippen molar-refractivity contribution in [2.45, 2.75) is 12.8 Å². The largest absolute Gasteiger partial charge is 0.465 e. The van der Waals surface area contributed by atoms with Crippen LogP contribution in [0.25, 0.3) is 0 Å². The van der Waals surface area contributed by atoms with E-state index in [0.29, 0.717) is 5.02 Å². The van der Waals surface area contributed by atoms with Crippen LogP contribution in [0, 0.1) is 0 Å². The van der Waals surface area contributed by atoms with Crippen LogP contribution in [0.1, 0.15) is 18.4 Å². The molecule has 0 aliphatic carbocycles. The summed E-state index contributed by atoms with van der Waals surface area (Å²) in [6.45, 7) is 1.47. The summed E-state index contributed by atoms with van der Waals surface area (Å²) in [4.78, 5) is 10.6. The SMILES string of the molecule is CC(=O)OC[C@@H](CO)c1ccc(Cl)cc1. The van der Waals surface area contributed by atoms with Crippen LogP contribution in [0.2, 0.25) is 5.02 Å². The molecule has 15 heavy (non-hydrogen) atoms. The Balaban J connectivity index is 2.65. The molecule has 0 radical (unpaired) electrons. The monoisotopic (exact) mass is 228 g/mol. The first-order valence-electron chi connectivity index (χ1n) is 4.63. The minimum atomic E-state index is -0.345. The third kappa shape index (κ3) is 3.90. The van der Waals surface area contributed by atoms with Crippen molar-refractivity contribution in [1.82, 2.24) is 0 Å². The zero-order valence-electron chi connectivity index (χ0n) is 8.44. The van der Waals surface area contributed by atoms with E-state index in [9.17, 15) is 4.79 Å². The van der Waals surface area contributed by atoms with E-state index in [4.69, 9.17) is 21.4 Å². The van der Waals surface area contributed by atoms with Gasteiger partial charge in [0.25, 0.3) is 0 Å². The molecule has 1 aromatic rings. The number of carbonyl (C=O) groups excluding carboxylic acids is 1. The van der Waals surface area contributed by atoms with Crippen molar-refractivity contribution in [2.24, 2.45) is 0 Å². The third-order valence-electron chi connectivity index (χ3n) is 2.05. The van der Waals surface area contributed by atoms with E-state index in [2.05, 4.69) is 0 Å². The summed E-state index contributed by atoms with van der Waals surface area (Å²) in [5.74, 6) is -0.534. The standard InChI is InChI=1S/C11H13ClO3/c1-8(14)15-7-10(6-13)9-2-4-11(12)5-3-9/h2-5,10,13H,6-7H2,1H3/t10-/m1/s1. The van der Waals surface area contributed by atoms with E-state index in [1.807, 2.05) is 12.1 Å². The van der Waals surface area contributed by atoms with Crippen molar-refractivity contribution in [3.8, 4) is 0 Å². The van der Waals surface area contributed by atoms with Gasteiger partial charge in [-0.15, -0.1) is 0 Å². The molecule has 3 nitrogen and oxygen atoms in total. The molecule has 82 valence electrons. The summed E-state index contributed by atoms with van der Waals surface area (Å²) in [6.07, 6.45) is 0. The van der Waals surface area contributed by atoms with E-state index < -0.39 is 0 Å². The number of aliphatic hydroxyl groups excluding tert-OH is 1. The molecule has 1 atom stereocenters. The van der Waals surface area contributed by atoms with Gasteiger partial charge in [0, 0.05) is 17.9 Å². The first-order valence-corrected chi connectivity index (χ1v) is 5.01. The molecule has 0 amide bonds. The van der Waals surface area contributed by atoms with Crippen LogP contribution in [0.5, 0.6) is 0 Å². The number of hydrogen-bond donors (Lipinski definition) is 1. The Hall–Kier alpha value is -1.06. The second kappa shape index (κ2) is 5.73. The minimum absolute atomic E-state index is 0.0606. The van der Waals surface area contributed by atoms with E-state index in [-0.39, 0.29) is 25.1 Å². The van der Waals surface area contributed by atoms with Gasteiger partial charge in [0.1, 0.15) is 6.61 Å². The average Bonchev–Trinajstić information content (AvgIpc) is 2.21. The molecule has 0 aromatic heterocycles. The van der Waals surface area contributed by atoms with Gasteiger partial charge in [-0.3, -0.25) is 4.79 Å². The number of rotatable bonds is 4. The molecule has 0 spiro atoms. The molecular weight excluding hydrogens is 216 g/mol. The van der Waals surface area contributed by atoms with Gasteiger partial charge in [0.2, 0.25) is 0 Å². The van der Waals surface area contributed by atoms with Gasteiger partial charge in [-0.25, -0.2) is 0 Å². The predicted octanol–water partition coefficient (Wildman–Crippen LogP) is 1.98. The lowest BCUT2D eigenvalue weighted by molar-refractivity contribution is -0.141. The van der Waals surface area contributed by atoms with Crippen LogP contribution in [0.15, 0.2) is 24.3 Å². The summed E-state index contributed by atoms with van der Waals surface area (Å²) in [5, 5.41) is 9.78. The Morgan fingerprint density at radius 3 is 2.53 bits per heavy atom. The zero-order chi connectivity index (χ0) is 11.3. The summed E-state index contributed by atoms with van der Waals surface area (Å²) in [6, 6.07) is 7.11. The molecular formula is C11H13ClO3. The topological polar surface area (TPSA) is 46.5 Å². The number of benzene rings is 1. The lowest BCUT2D eigenvalue weighted by atomic mass is 10.0. The maximum atomic E-state index is 10.6. The highest BCUT2D eigenvalue weighted by atomic mass is 35.5. The van der Waals surface area contributed by atoms with Gasteiger partial charge in [-0.2, -0.15) is 0 Å². The van der Waals surface area contributed by atoms with Crippen LogP contribution in [-0.2, 0) is 9.53 Å². The first-order chi connectivity index (χ1) is 7.13. The van der Waals surface area contributed by atoms with Gasteiger partial charge in [0.05, 0.1) is 6.61 Å². The van der Waals surface area contributed by atoms with Crippen LogP contribution in [-0.4, -0.2) is 24.3 Å². The van der Waals surface area contributed by atoms with Crippen LogP contribution >= 0.6 is 11.6 Å². The highest BCUT2D eigenvalue weighted by Gasteiger charge is 2.11. The molecule has 0 saturated heterocycles. The van der Waals surface area contributed by atoms with Crippen molar-refractivity contribution in [2.75, 3.05) is 13.2 Å². The number of halogens is 1. The third-order valence-corrected chi connectivity index (χ3v) is 2.30. The predicted molar refractivity (Wildman–Crippen MR) is 57.9 cm³/mol. The summed E-state index contributed by atoms with van der Waals surface area (Å²) in [7, 11) is 0. The van der Waals surface area contributed by atoms with Gasteiger partial charge in [0.15, 0.2) is 0 Å². The minimum Gasteiger partial charge on any atom is -0.465 e. The van der Waals surface area contributed by atoms with E-state index in [1.54, 1.807) is 12.1 Å². The maximum Gasteiger partial charge on any atom is 0.302 e. The van der Waals surface area contributed by atoms with E-state index >= 15 is 0 Å². The maximum absolute atomic E-state index is 10.6.